The van der Waals surface area contributed by atoms with Crippen LogP contribution in [-0.4, -0.2) is 17.4 Å². The van der Waals surface area contributed by atoms with Crippen LogP contribution in [0.25, 0.3) is 0 Å². The molecular weight excluding hydrogens is 282 g/mol. The van der Waals surface area contributed by atoms with Crippen molar-refractivity contribution < 1.29 is 4.79 Å². The molecule has 0 fully saturated rings. The van der Waals surface area contributed by atoms with Crippen LogP contribution < -0.4 is 11.1 Å². The zero-order chi connectivity index (χ0) is 12.5. The van der Waals surface area contributed by atoms with Crippen LogP contribution in [-0.2, 0) is 4.79 Å². The Morgan fingerprint density at radius 2 is 2.12 bits per heavy atom. The lowest BCUT2D eigenvalue weighted by Crippen LogP contribution is -2.11. The van der Waals surface area contributed by atoms with Gasteiger partial charge in [-0.05, 0) is 47.4 Å². The van der Waals surface area contributed by atoms with Gasteiger partial charge in [-0.15, -0.1) is 0 Å². The van der Waals surface area contributed by atoms with Crippen LogP contribution >= 0.6 is 15.9 Å². The molecule has 0 spiro atoms. The molecule has 1 aromatic rings. The summed E-state index contributed by atoms with van der Waals surface area (Å²) in [6.45, 7) is 0.731. The summed E-state index contributed by atoms with van der Waals surface area (Å²) in [7, 11) is 0. The van der Waals surface area contributed by atoms with Crippen LogP contribution in [0.1, 0.15) is 32.1 Å². The quantitative estimate of drug-likeness (QED) is 0.601. The van der Waals surface area contributed by atoms with E-state index in [1.54, 1.807) is 12.3 Å². The Kier molecular flexibility index (Phi) is 6.81. The highest BCUT2D eigenvalue weighted by molar-refractivity contribution is 9.10. The lowest BCUT2D eigenvalue weighted by molar-refractivity contribution is -0.116. The monoisotopic (exact) mass is 299 g/mol. The first-order chi connectivity index (χ1) is 8.24. The van der Waals surface area contributed by atoms with Crippen LogP contribution in [0.3, 0.4) is 0 Å². The summed E-state index contributed by atoms with van der Waals surface area (Å²) in [5.41, 5.74) is 6.12. The number of hydrogen-bond donors (Lipinski definition) is 2. The van der Waals surface area contributed by atoms with Crippen molar-refractivity contribution in [2.24, 2.45) is 5.73 Å². The molecule has 0 aromatic carbocycles. The maximum absolute atomic E-state index is 11.6. The molecule has 5 heteroatoms. The predicted molar refractivity (Wildman–Crippen MR) is 72.7 cm³/mol. The highest BCUT2D eigenvalue weighted by atomic mass is 79.9. The van der Waals surface area contributed by atoms with E-state index in [9.17, 15) is 4.79 Å². The number of unbranched alkanes of at least 4 members (excludes halogenated alkanes) is 3. The Morgan fingerprint density at radius 1 is 1.35 bits per heavy atom. The number of nitrogens with one attached hydrogen (secondary N) is 1. The first kappa shape index (κ1) is 14.1. The number of pyridine rings is 1. The number of halogens is 1. The Balaban J connectivity index is 2.23. The molecule has 3 N–H and O–H groups in total. The highest BCUT2D eigenvalue weighted by Gasteiger charge is 2.05. The first-order valence-corrected chi connectivity index (χ1v) is 6.64. The van der Waals surface area contributed by atoms with Crippen molar-refractivity contribution in [1.82, 2.24) is 4.98 Å². The number of rotatable bonds is 7. The number of hydrogen-bond acceptors (Lipinski definition) is 3. The number of carbonyl (C=O) groups is 1. The first-order valence-electron chi connectivity index (χ1n) is 5.84. The van der Waals surface area contributed by atoms with Gasteiger partial charge in [-0.3, -0.25) is 4.79 Å². The third-order valence-corrected chi connectivity index (χ3v) is 3.02. The predicted octanol–water partition coefficient (Wildman–Crippen LogP) is 2.69. The summed E-state index contributed by atoms with van der Waals surface area (Å²) in [4.78, 5) is 15.7. The van der Waals surface area contributed by atoms with Gasteiger partial charge >= 0.3 is 0 Å². The van der Waals surface area contributed by atoms with E-state index < -0.39 is 0 Å². The average Bonchev–Trinajstić information content (AvgIpc) is 2.32. The average molecular weight is 300 g/mol. The van der Waals surface area contributed by atoms with E-state index in [-0.39, 0.29) is 5.91 Å². The van der Waals surface area contributed by atoms with Crippen molar-refractivity contribution in [3.63, 3.8) is 0 Å². The number of anilines is 1. The lowest BCUT2D eigenvalue weighted by atomic mass is 10.1. The number of amides is 1. The van der Waals surface area contributed by atoms with Crippen LogP contribution in [0.15, 0.2) is 22.9 Å². The zero-order valence-corrected chi connectivity index (χ0v) is 11.4. The standard InChI is InChI=1S/C12H18BrN3O/c13-12-10(6-5-9-15-12)16-11(17)7-3-1-2-4-8-14/h5-6,9H,1-4,7-8,14H2,(H,16,17). The Labute approximate surface area is 110 Å². The Morgan fingerprint density at radius 3 is 2.82 bits per heavy atom. The van der Waals surface area contributed by atoms with Crippen molar-refractivity contribution in [2.75, 3.05) is 11.9 Å². The molecular formula is C12H18BrN3O. The van der Waals surface area contributed by atoms with Gasteiger partial charge in [0.2, 0.25) is 5.91 Å². The molecule has 0 aliphatic heterocycles. The minimum absolute atomic E-state index is 0.0337. The molecule has 1 heterocycles. The normalized spacial score (nSPS) is 10.2. The van der Waals surface area contributed by atoms with E-state index in [1.807, 2.05) is 6.07 Å². The van der Waals surface area contributed by atoms with Gasteiger partial charge in [0, 0.05) is 12.6 Å². The van der Waals surface area contributed by atoms with Gasteiger partial charge < -0.3 is 11.1 Å². The minimum atomic E-state index is 0.0337. The number of aromatic nitrogens is 1. The van der Waals surface area contributed by atoms with Crippen molar-refractivity contribution in [3.8, 4) is 0 Å². The molecule has 94 valence electrons. The SMILES string of the molecule is NCCCCCCC(=O)Nc1cccnc1Br. The fraction of sp³-hybridized carbons (Fsp3) is 0.500. The fourth-order valence-electron chi connectivity index (χ4n) is 1.48. The summed E-state index contributed by atoms with van der Waals surface area (Å²) in [5.74, 6) is 0.0337. The van der Waals surface area contributed by atoms with E-state index in [0.717, 1.165) is 37.9 Å². The summed E-state index contributed by atoms with van der Waals surface area (Å²) >= 11 is 3.29. The second-order valence-electron chi connectivity index (χ2n) is 3.84. The molecule has 0 aliphatic rings. The molecule has 4 nitrogen and oxygen atoms in total. The molecule has 1 aromatic heterocycles. The fourth-order valence-corrected chi connectivity index (χ4v) is 1.82. The van der Waals surface area contributed by atoms with Gasteiger partial charge in [0.1, 0.15) is 4.60 Å². The second-order valence-corrected chi connectivity index (χ2v) is 4.59. The topological polar surface area (TPSA) is 68.0 Å². The van der Waals surface area contributed by atoms with Crippen LogP contribution in [0.2, 0.25) is 0 Å². The maximum Gasteiger partial charge on any atom is 0.224 e. The van der Waals surface area contributed by atoms with E-state index >= 15 is 0 Å². The smallest absolute Gasteiger partial charge is 0.224 e. The van der Waals surface area contributed by atoms with Crippen LogP contribution in [0.4, 0.5) is 5.69 Å². The van der Waals surface area contributed by atoms with E-state index in [0.29, 0.717) is 11.0 Å². The number of nitrogens with zero attached hydrogens (tertiary/aromatic N) is 1. The van der Waals surface area contributed by atoms with Gasteiger partial charge in [-0.1, -0.05) is 12.8 Å². The third kappa shape index (κ3) is 5.79. The van der Waals surface area contributed by atoms with Crippen LogP contribution in [0, 0.1) is 0 Å². The Bertz CT molecular complexity index is 357. The largest absolute Gasteiger partial charge is 0.330 e. The van der Waals surface area contributed by atoms with Crippen LogP contribution in [0.5, 0.6) is 0 Å². The molecule has 0 bridgehead atoms. The van der Waals surface area contributed by atoms with Crippen molar-refractivity contribution >= 4 is 27.5 Å². The number of carbonyl (C=O) groups excluding carboxylic acids is 1. The summed E-state index contributed by atoms with van der Waals surface area (Å²) in [5, 5.41) is 2.83. The van der Waals surface area contributed by atoms with Gasteiger partial charge in [-0.2, -0.15) is 0 Å². The lowest BCUT2D eigenvalue weighted by Gasteiger charge is -2.06. The molecule has 0 atom stereocenters. The minimum Gasteiger partial charge on any atom is -0.330 e. The van der Waals surface area contributed by atoms with Gasteiger partial charge in [-0.25, -0.2) is 4.98 Å². The molecule has 0 unspecified atom stereocenters. The summed E-state index contributed by atoms with van der Waals surface area (Å²) < 4.78 is 0.663. The Hall–Kier alpha value is -0.940. The van der Waals surface area contributed by atoms with Crippen molar-refractivity contribution in [3.05, 3.63) is 22.9 Å². The highest BCUT2D eigenvalue weighted by Crippen LogP contribution is 2.18. The molecule has 17 heavy (non-hydrogen) atoms. The zero-order valence-electron chi connectivity index (χ0n) is 9.79. The van der Waals surface area contributed by atoms with Gasteiger partial charge in [0.15, 0.2) is 0 Å². The number of nitrogens with two attached hydrogens (primary N) is 1. The van der Waals surface area contributed by atoms with Crippen molar-refractivity contribution in [2.45, 2.75) is 32.1 Å². The van der Waals surface area contributed by atoms with E-state index in [1.165, 1.54) is 0 Å². The second kappa shape index (κ2) is 8.20. The molecule has 0 radical (unpaired) electrons. The van der Waals surface area contributed by atoms with Gasteiger partial charge in [0.05, 0.1) is 5.69 Å². The molecule has 0 saturated carbocycles. The van der Waals surface area contributed by atoms with E-state index in [4.69, 9.17) is 5.73 Å². The maximum atomic E-state index is 11.6. The van der Waals surface area contributed by atoms with E-state index in [2.05, 4.69) is 26.2 Å². The van der Waals surface area contributed by atoms with Crippen molar-refractivity contribution in [1.29, 1.82) is 0 Å². The summed E-state index contributed by atoms with van der Waals surface area (Å²) in [6, 6.07) is 3.62. The molecule has 1 amide bonds. The van der Waals surface area contributed by atoms with Gasteiger partial charge in [0.25, 0.3) is 0 Å². The summed E-state index contributed by atoms with van der Waals surface area (Å²) in [6.07, 6.45) is 6.32. The molecule has 0 saturated heterocycles. The molecule has 0 aliphatic carbocycles. The molecule has 1 rings (SSSR count). The third-order valence-electron chi connectivity index (χ3n) is 2.39.